The number of aryl methyl sites for hydroxylation is 1. The molecule has 0 aliphatic rings. The average molecular weight is 288 g/mol. The van der Waals surface area contributed by atoms with Gasteiger partial charge in [0.2, 0.25) is 0 Å². The first-order valence-corrected chi connectivity index (χ1v) is 6.69. The highest BCUT2D eigenvalue weighted by molar-refractivity contribution is 6.41. The maximum Gasteiger partial charge on any atom is 0.320 e. The zero-order valence-corrected chi connectivity index (χ0v) is 12.2. The number of rotatable bonds is 2. The lowest BCUT2D eigenvalue weighted by Gasteiger charge is -2.26. The van der Waals surface area contributed by atoms with Crippen molar-refractivity contribution in [1.29, 1.82) is 0 Å². The molecule has 1 amide bonds. The zero-order chi connectivity index (χ0) is 15.6. The van der Waals surface area contributed by atoms with Gasteiger partial charge >= 0.3 is 11.8 Å². The normalized spacial score (nSPS) is 10.7. The molecule has 4 nitrogen and oxygen atoms in total. The molecule has 1 heterocycles. The number of anilines is 1. The fraction of sp³-hybridized carbons (Fsp3) is 0.250. The first-order chi connectivity index (χ1) is 9.91. The van der Waals surface area contributed by atoms with Crippen LogP contribution in [0.15, 0.2) is 42.7 Å². The molecule has 0 radical (unpaired) electrons. The van der Waals surface area contributed by atoms with E-state index in [1.165, 1.54) is 34.0 Å². The Balaban J connectivity index is 2.37. The predicted octanol–water partition coefficient (Wildman–Crippen LogP) is 3.02. The third kappa shape index (κ3) is 3.02. The Bertz CT molecular complexity index is 663. The van der Waals surface area contributed by atoms with Gasteiger partial charge in [-0.2, -0.15) is 0 Å². The molecule has 0 N–H and O–H groups in total. The van der Waals surface area contributed by atoms with Crippen LogP contribution >= 0.6 is 0 Å². The van der Waals surface area contributed by atoms with Gasteiger partial charge in [-0.05, 0) is 56.7 Å². The Hall–Kier alpha value is -2.43. The number of hydrogen-bond acceptors (Lipinski definition) is 2. The zero-order valence-electron chi connectivity index (χ0n) is 12.2. The van der Waals surface area contributed by atoms with Crippen LogP contribution < -0.4 is 4.90 Å². The summed E-state index contributed by atoms with van der Waals surface area (Å²) in [6.07, 6.45) is 3.04. The Morgan fingerprint density at radius 3 is 2.33 bits per heavy atom. The minimum atomic E-state index is -0.646. The molecule has 0 bridgehead atoms. The summed E-state index contributed by atoms with van der Waals surface area (Å²) in [6, 6.07) is 7.49. The highest BCUT2D eigenvalue weighted by atomic mass is 19.1. The largest absolute Gasteiger partial charge is 0.320 e. The Morgan fingerprint density at radius 1 is 1.19 bits per heavy atom. The fourth-order valence-corrected chi connectivity index (χ4v) is 2.11. The maximum atomic E-state index is 13.4. The van der Waals surface area contributed by atoms with Crippen LogP contribution in [0.4, 0.5) is 10.1 Å². The SMILES string of the molecule is Cc1cc(N(C(=O)C(=O)n2cccc2)C(C)C)ccc1F. The third-order valence-corrected chi connectivity index (χ3v) is 3.18. The molecule has 2 aromatic rings. The number of benzene rings is 1. The molecule has 21 heavy (non-hydrogen) atoms. The molecule has 2 rings (SSSR count). The fourth-order valence-electron chi connectivity index (χ4n) is 2.11. The molecule has 0 saturated carbocycles. The molecular weight excluding hydrogens is 271 g/mol. The van der Waals surface area contributed by atoms with E-state index in [-0.39, 0.29) is 11.9 Å². The summed E-state index contributed by atoms with van der Waals surface area (Å²) < 4.78 is 14.6. The molecule has 1 aromatic heterocycles. The molecular formula is C16H17FN2O2. The first kappa shape index (κ1) is 15.0. The van der Waals surface area contributed by atoms with Gasteiger partial charge in [0.05, 0.1) is 0 Å². The van der Waals surface area contributed by atoms with E-state index in [9.17, 15) is 14.0 Å². The van der Waals surface area contributed by atoms with Gasteiger partial charge in [0.15, 0.2) is 0 Å². The lowest BCUT2D eigenvalue weighted by molar-refractivity contribution is -0.115. The van der Waals surface area contributed by atoms with Crippen molar-refractivity contribution in [1.82, 2.24) is 4.57 Å². The van der Waals surface area contributed by atoms with E-state index in [1.807, 2.05) is 0 Å². The molecule has 0 spiro atoms. The number of nitrogens with zero attached hydrogens (tertiary/aromatic N) is 2. The quantitative estimate of drug-likeness (QED) is 0.797. The van der Waals surface area contributed by atoms with E-state index in [1.54, 1.807) is 39.0 Å². The van der Waals surface area contributed by atoms with Crippen molar-refractivity contribution in [2.45, 2.75) is 26.8 Å². The van der Waals surface area contributed by atoms with Crippen molar-refractivity contribution in [2.75, 3.05) is 4.90 Å². The number of carbonyl (C=O) groups is 2. The summed E-state index contributed by atoms with van der Waals surface area (Å²) in [5.41, 5.74) is 0.939. The monoisotopic (exact) mass is 288 g/mol. The summed E-state index contributed by atoms with van der Waals surface area (Å²) in [4.78, 5) is 26.0. The van der Waals surface area contributed by atoms with Crippen LogP contribution in [-0.4, -0.2) is 22.4 Å². The number of amides is 1. The van der Waals surface area contributed by atoms with Gasteiger partial charge in [0, 0.05) is 24.1 Å². The predicted molar refractivity (Wildman–Crippen MR) is 78.8 cm³/mol. The highest BCUT2D eigenvalue weighted by Gasteiger charge is 2.26. The average Bonchev–Trinajstić information content (AvgIpc) is 2.95. The molecule has 0 atom stereocenters. The van der Waals surface area contributed by atoms with Crippen molar-refractivity contribution >= 4 is 17.5 Å². The Labute approximate surface area is 122 Å². The van der Waals surface area contributed by atoms with Gasteiger partial charge in [-0.25, -0.2) is 4.39 Å². The second kappa shape index (κ2) is 5.91. The lowest BCUT2D eigenvalue weighted by Crippen LogP contribution is -2.43. The Morgan fingerprint density at radius 2 is 1.81 bits per heavy atom. The smallest absolute Gasteiger partial charge is 0.302 e. The molecule has 1 aromatic carbocycles. The third-order valence-electron chi connectivity index (χ3n) is 3.18. The lowest BCUT2D eigenvalue weighted by atomic mass is 10.1. The molecule has 5 heteroatoms. The van der Waals surface area contributed by atoms with Crippen LogP contribution in [-0.2, 0) is 4.79 Å². The van der Waals surface area contributed by atoms with Gasteiger partial charge in [0.25, 0.3) is 0 Å². The van der Waals surface area contributed by atoms with Gasteiger partial charge in [0.1, 0.15) is 5.82 Å². The molecule has 110 valence electrons. The minimum absolute atomic E-state index is 0.220. The van der Waals surface area contributed by atoms with Crippen molar-refractivity contribution in [2.24, 2.45) is 0 Å². The number of aromatic nitrogens is 1. The van der Waals surface area contributed by atoms with Crippen molar-refractivity contribution in [3.63, 3.8) is 0 Å². The van der Waals surface area contributed by atoms with Gasteiger partial charge in [-0.1, -0.05) is 0 Å². The summed E-state index contributed by atoms with van der Waals surface area (Å²) in [7, 11) is 0. The van der Waals surface area contributed by atoms with Gasteiger partial charge in [-0.15, -0.1) is 0 Å². The van der Waals surface area contributed by atoms with Gasteiger partial charge < -0.3 is 4.90 Å². The van der Waals surface area contributed by atoms with Gasteiger partial charge in [-0.3, -0.25) is 14.2 Å². The van der Waals surface area contributed by atoms with Crippen molar-refractivity contribution < 1.29 is 14.0 Å². The van der Waals surface area contributed by atoms with Crippen molar-refractivity contribution in [3.8, 4) is 0 Å². The number of halogens is 1. The summed E-state index contributed by atoms with van der Waals surface area (Å²) in [5.74, 6) is -1.63. The second-order valence-corrected chi connectivity index (χ2v) is 5.10. The molecule has 0 unspecified atom stereocenters. The van der Waals surface area contributed by atoms with E-state index in [0.29, 0.717) is 11.3 Å². The standard InChI is InChI=1S/C16H17FN2O2/c1-11(2)19(13-6-7-14(17)12(3)10-13)16(21)15(20)18-8-4-5-9-18/h4-11H,1-3H3. The maximum absolute atomic E-state index is 13.4. The topological polar surface area (TPSA) is 42.3 Å². The van der Waals surface area contributed by atoms with Crippen LogP contribution in [0.1, 0.15) is 24.2 Å². The molecule has 0 aliphatic carbocycles. The van der Waals surface area contributed by atoms with E-state index in [0.717, 1.165) is 0 Å². The van der Waals surface area contributed by atoms with Crippen LogP contribution in [0, 0.1) is 12.7 Å². The number of carbonyl (C=O) groups excluding carboxylic acids is 2. The summed E-state index contributed by atoms with van der Waals surface area (Å²) >= 11 is 0. The van der Waals surface area contributed by atoms with E-state index >= 15 is 0 Å². The highest BCUT2D eigenvalue weighted by Crippen LogP contribution is 2.21. The van der Waals surface area contributed by atoms with Crippen LogP contribution in [0.2, 0.25) is 0 Å². The second-order valence-electron chi connectivity index (χ2n) is 5.10. The summed E-state index contributed by atoms with van der Waals surface area (Å²) in [5, 5.41) is 0. The summed E-state index contributed by atoms with van der Waals surface area (Å²) in [6.45, 7) is 5.23. The van der Waals surface area contributed by atoms with E-state index in [4.69, 9.17) is 0 Å². The van der Waals surface area contributed by atoms with Crippen LogP contribution in [0.5, 0.6) is 0 Å². The molecule has 0 saturated heterocycles. The molecule has 0 fully saturated rings. The Kier molecular flexibility index (Phi) is 4.21. The van der Waals surface area contributed by atoms with Crippen LogP contribution in [0.3, 0.4) is 0 Å². The van der Waals surface area contributed by atoms with E-state index in [2.05, 4.69) is 0 Å². The van der Waals surface area contributed by atoms with E-state index < -0.39 is 11.8 Å². The van der Waals surface area contributed by atoms with Crippen LogP contribution in [0.25, 0.3) is 0 Å². The molecule has 0 aliphatic heterocycles. The first-order valence-electron chi connectivity index (χ1n) is 6.69. The minimum Gasteiger partial charge on any atom is -0.302 e. The van der Waals surface area contributed by atoms with Crippen molar-refractivity contribution in [3.05, 3.63) is 54.1 Å². The number of hydrogen-bond donors (Lipinski definition) is 0.